The van der Waals surface area contributed by atoms with E-state index in [4.69, 9.17) is 9.47 Å². The van der Waals surface area contributed by atoms with Gasteiger partial charge in [0.05, 0.1) is 24.9 Å². The van der Waals surface area contributed by atoms with E-state index in [9.17, 15) is 10.2 Å². The Balaban J connectivity index is 1.45. The Morgan fingerprint density at radius 3 is 2.42 bits per heavy atom. The van der Waals surface area contributed by atoms with Crippen molar-refractivity contribution in [2.24, 2.45) is 17.3 Å². The topological polar surface area (TPSA) is 62.2 Å². The summed E-state index contributed by atoms with van der Waals surface area (Å²) in [5, 5.41) is 23.1. The molecule has 5 nitrogen and oxygen atoms in total. The molecule has 1 aliphatic heterocycles. The molecule has 4 aliphatic carbocycles. The van der Waals surface area contributed by atoms with Crippen LogP contribution in [-0.2, 0) is 9.47 Å². The maximum atomic E-state index is 12.0. The lowest BCUT2D eigenvalue weighted by Crippen LogP contribution is -2.53. The summed E-state index contributed by atoms with van der Waals surface area (Å²) in [7, 11) is 4.14. The van der Waals surface area contributed by atoms with Crippen molar-refractivity contribution in [2.45, 2.75) is 81.7 Å². The standard InChI is InChI=1S/C28H39NO4/c1-26-16-21(18-4-6-19(7-5-18)29(2)3)25-20(22(26)8-9-24(26)30)10-12-27(31)17-28(13-11-23(25)27)32-14-15-33-28/h4-7,20-22,24,30-31H,8-17H2,1-3H3/t20-,21+,22+,24+,26-,27+/m0/s1. The molecule has 0 radical (unpaired) electrons. The minimum absolute atomic E-state index is 0.0529. The number of nitrogens with zero attached hydrogens (tertiary/aromatic N) is 1. The summed E-state index contributed by atoms with van der Waals surface area (Å²) in [5.74, 6) is 0.615. The average Bonchev–Trinajstić information content (AvgIpc) is 3.36. The van der Waals surface area contributed by atoms with E-state index < -0.39 is 11.4 Å². The fourth-order valence-corrected chi connectivity index (χ4v) is 8.29. The van der Waals surface area contributed by atoms with Crippen molar-refractivity contribution in [3.05, 3.63) is 41.0 Å². The van der Waals surface area contributed by atoms with E-state index >= 15 is 0 Å². The Hall–Kier alpha value is -1.40. The Morgan fingerprint density at radius 1 is 1.00 bits per heavy atom. The molecule has 1 aromatic carbocycles. The fourth-order valence-electron chi connectivity index (χ4n) is 8.29. The molecule has 0 amide bonds. The van der Waals surface area contributed by atoms with Crippen molar-refractivity contribution in [3.63, 3.8) is 0 Å². The third-order valence-electron chi connectivity index (χ3n) is 9.99. The zero-order valence-corrected chi connectivity index (χ0v) is 20.3. The van der Waals surface area contributed by atoms with Gasteiger partial charge >= 0.3 is 0 Å². The van der Waals surface area contributed by atoms with Gasteiger partial charge in [-0.1, -0.05) is 24.6 Å². The van der Waals surface area contributed by atoms with Gasteiger partial charge in [-0.15, -0.1) is 0 Å². The molecule has 6 rings (SSSR count). The second kappa shape index (κ2) is 7.55. The van der Waals surface area contributed by atoms with E-state index in [1.54, 1.807) is 0 Å². The van der Waals surface area contributed by atoms with Gasteiger partial charge in [-0.3, -0.25) is 0 Å². The number of benzene rings is 1. The van der Waals surface area contributed by atoms with Crippen molar-refractivity contribution < 1.29 is 19.7 Å². The molecule has 1 heterocycles. The Morgan fingerprint density at radius 2 is 1.73 bits per heavy atom. The van der Waals surface area contributed by atoms with Crippen LogP contribution in [0.3, 0.4) is 0 Å². The van der Waals surface area contributed by atoms with Crippen molar-refractivity contribution in [1.29, 1.82) is 0 Å². The highest BCUT2D eigenvalue weighted by molar-refractivity contribution is 5.50. The molecule has 4 fully saturated rings. The van der Waals surface area contributed by atoms with Crippen LogP contribution in [0.4, 0.5) is 5.69 Å². The average molecular weight is 454 g/mol. The van der Waals surface area contributed by atoms with Crippen LogP contribution in [0.25, 0.3) is 0 Å². The van der Waals surface area contributed by atoms with E-state index in [1.807, 2.05) is 0 Å². The zero-order chi connectivity index (χ0) is 23.0. The molecule has 1 aromatic rings. The highest BCUT2D eigenvalue weighted by Gasteiger charge is 2.60. The lowest BCUT2D eigenvalue weighted by atomic mass is 9.51. The molecule has 5 heteroatoms. The molecule has 0 bridgehead atoms. The largest absolute Gasteiger partial charge is 0.393 e. The molecule has 180 valence electrons. The van der Waals surface area contributed by atoms with Gasteiger partial charge in [-0.2, -0.15) is 0 Å². The van der Waals surface area contributed by atoms with Crippen LogP contribution in [0.2, 0.25) is 0 Å². The van der Waals surface area contributed by atoms with Gasteiger partial charge in [-0.25, -0.2) is 0 Å². The van der Waals surface area contributed by atoms with E-state index in [0.717, 1.165) is 44.9 Å². The Labute approximate surface area is 197 Å². The third-order valence-corrected chi connectivity index (χ3v) is 9.99. The first kappa shape index (κ1) is 22.1. The van der Waals surface area contributed by atoms with Crippen molar-refractivity contribution in [2.75, 3.05) is 32.2 Å². The molecular weight excluding hydrogens is 414 g/mol. The highest BCUT2D eigenvalue weighted by atomic mass is 16.7. The monoisotopic (exact) mass is 453 g/mol. The minimum Gasteiger partial charge on any atom is -0.393 e. The predicted molar refractivity (Wildman–Crippen MR) is 128 cm³/mol. The molecule has 3 saturated carbocycles. The number of fused-ring (bicyclic) bond motifs is 4. The lowest BCUT2D eigenvalue weighted by Gasteiger charge is -2.56. The number of allylic oxidation sites excluding steroid dienone is 1. The maximum absolute atomic E-state index is 12.0. The summed E-state index contributed by atoms with van der Waals surface area (Å²) in [4.78, 5) is 2.13. The summed E-state index contributed by atoms with van der Waals surface area (Å²) in [6.45, 7) is 3.59. The number of hydrogen-bond acceptors (Lipinski definition) is 5. The van der Waals surface area contributed by atoms with Gasteiger partial charge in [0.1, 0.15) is 0 Å². The second-order valence-corrected chi connectivity index (χ2v) is 11.8. The number of rotatable bonds is 2. The summed E-state index contributed by atoms with van der Waals surface area (Å²) < 4.78 is 12.1. The van der Waals surface area contributed by atoms with Gasteiger partial charge in [0.15, 0.2) is 5.79 Å². The van der Waals surface area contributed by atoms with E-state index in [-0.39, 0.29) is 17.4 Å². The first-order valence-electron chi connectivity index (χ1n) is 12.9. The maximum Gasteiger partial charge on any atom is 0.171 e. The van der Waals surface area contributed by atoms with Crippen LogP contribution in [0, 0.1) is 17.3 Å². The van der Waals surface area contributed by atoms with Gasteiger partial charge in [0.25, 0.3) is 0 Å². The quantitative estimate of drug-likeness (QED) is 0.651. The normalized spacial score (nSPS) is 41.6. The van der Waals surface area contributed by atoms with Crippen molar-refractivity contribution >= 4 is 5.69 Å². The molecular formula is C28H39NO4. The molecule has 1 spiro atoms. The smallest absolute Gasteiger partial charge is 0.171 e. The first-order chi connectivity index (χ1) is 15.7. The molecule has 0 unspecified atom stereocenters. The van der Waals surface area contributed by atoms with Crippen LogP contribution in [-0.4, -0.2) is 55.0 Å². The zero-order valence-electron chi connectivity index (χ0n) is 20.3. The van der Waals surface area contributed by atoms with Crippen LogP contribution < -0.4 is 4.90 Å². The van der Waals surface area contributed by atoms with E-state index in [2.05, 4.69) is 50.2 Å². The Kier molecular flexibility index (Phi) is 5.05. The van der Waals surface area contributed by atoms with Gasteiger partial charge in [-0.05, 0) is 79.0 Å². The summed E-state index contributed by atoms with van der Waals surface area (Å²) in [5.41, 5.74) is 4.40. The second-order valence-electron chi connectivity index (χ2n) is 11.8. The van der Waals surface area contributed by atoms with Crippen molar-refractivity contribution in [1.82, 2.24) is 0 Å². The minimum atomic E-state index is -0.832. The van der Waals surface area contributed by atoms with Crippen LogP contribution in [0.5, 0.6) is 0 Å². The number of aliphatic hydroxyl groups excluding tert-OH is 1. The molecule has 33 heavy (non-hydrogen) atoms. The van der Waals surface area contributed by atoms with Crippen molar-refractivity contribution in [3.8, 4) is 0 Å². The van der Waals surface area contributed by atoms with Gasteiger partial charge < -0.3 is 24.6 Å². The number of aliphatic hydroxyl groups is 2. The Bertz CT molecular complexity index is 949. The van der Waals surface area contributed by atoms with Gasteiger partial charge in [0, 0.05) is 38.5 Å². The van der Waals surface area contributed by atoms with E-state index in [0.29, 0.717) is 31.5 Å². The summed E-state index contributed by atoms with van der Waals surface area (Å²) >= 11 is 0. The number of hydrogen-bond donors (Lipinski definition) is 2. The van der Waals surface area contributed by atoms with Crippen LogP contribution in [0.1, 0.15) is 69.8 Å². The van der Waals surface area contributed by atoms with Crippen LogP contribution >= 0.6 is 0 Å². The number of anilines is 1. The lowest BCUT2D eigenvalue weighted by molar-refractivity contribution is -0.208. The third kappa shape index (κ3) is 3.26. The van der Waals surface area contributed by atoms with E-state index in [1.165, 1.54) is 22.4 Å². The first-order valence-corrected chi connectivity index (χ1v) is 12.9. The molecule has 2 N–H and O–H groups in total. The number of ether oxygens (including phenoxy) is 2. The van der Waals surface area contributed by atoms with Crippen LogP contribution in [0.15, 0.2) is 35.4 Å². The summed E-state index contributed by atoms with van der Waals surface area (Å²) in [6.07, 6.45) is 6.74. The molecule has 0 aromatic heterocycles. The predicted octanol–water partition coefficient (Wildman–Crippen LogP) is 4.38. The SMILES string of the molecule is CN(C)c1ccc([C@H]2C[C@]3(C)[C@H](O)CC[C@@H]3[C@@H]3CC[C@@]4(O)CC5(CCC4=C32)OCCO5)cc1. The summed E-state index contributed by atoms with van der Waals surface area (Å²) in [6, 6.07) is 8.97. The molecule has 6 atom stereocenters. The fraction of sp³-hybridized carbons (Fsp3) is 0.714. The molecule has 5 aliphatic rings. The van der Waals surface area contributed by atoms with Gasteiger partial charge in [0.2, 0.25) is 0 Å². The molecule has 1 saturated heterocycles. The highest BCUT2D eigenvalue weighted by Crippen LogP contribution is 2.65.